The maximum absolute atomic E-state index is 13.3. The molecule has 1 aromatic rings. The molecule has 0 aromatic heterocycles. The third kappa shape index (κ3) is 5.07. The van der Waals surface area contributed by atoms with Gasteiger partial charge in [-0.05, 0) is 37.3 Å². The minimum atomic E-state index is -0.351. The van der Waals surface area contributed by atoms with E-state index in [2.05, 4.69) is 12.2 Å². The van der Waals surface area contributed by atoms with Crippen molar-refractivity contribution in [3.63, 3.8) is 0 Å². The van der Waals surface area contributed by atoms with Crippen LogP contribution in [0, 0.1) is 5.92 Å². The summed E-state index contributed by atoms with van der Waals surface area (Å²) < 4.78 is 0. The average Bonchev–Trinajstić information content (AvgIpc) is 3.17. The zero-order chi connectivity index (χ0) is 19.1. The molecule has 3 rings (SSSR count). The molecule has 27 heavy (non-hydrogen) atoms. The predicted octanol–water partition coefficient (Wildman–Crippen LogP) is 4.46. The number of carbonyl (C=O) groups excluding carboxylic acids is 2. The highest BCUT2D eigenvalue weighted by atomic mass is 32.2. The van der Waals surface area contributed by atoms with Gasteiger partial charge in [0.15, 0.2) is 0 Å². The van der Waals surface area contributed by atoms with Crippen molar-refractivity contribution in [3.05, 3.63) is 35.9 Å². The molecule has 4 nitrogen and oxygen atoms in total. The predicted molar refractivity (Wildman–Crippen MR) is 112 cm³/mol. The fourth-order valence-electron chi connectivity index (χ4n) is 4.20. The highest BCUT2D eigenvalue weighted by molar-refractivity contribution is 8.00. The number of hydrogen-bond acceptors (Lipinski definition) is 3. The van der Waals surface area contributed by atoms with Crippen molar-refractivity contribution in [1.29, 1.82) is 0 Å². The van der Waals surface area contributed by atoms with E-state index in [0.717, 1.165) is 19.3 Å². The van der Waals surface area contributed by atoms with E-state index in [0.29, 0.717) is 23.8 Å². The SMILES string of the molecule is CCCCCNC(=O)[C@H]1CS[C@@H](C2CCCCC2)N1C(=O)c1ccccc1. The van der Waals surface area contributed by atoms with Gasteiger partial charge in [-0.25, -0.2) is 0 Å². The summed E-state index contributed by atoms with van der Waals surface area (Å²) in [6.45, 7) is 2.86. The Morgan fingerprint density at radius 3 is 2.56 bits per heavy atom. The summed E-state index contributed by atoms with van der Waals surface area (Å²) in [5.41, 5.74) is 0.685. The number of carbonyl (C=O) groups is 2. The number of thioether (sulfide) groups is 1. The Hall–Kier alpha value is -1.49. The van der Waals surface area contributed by atoms with Crippen molar-refractivity contribution in [3.8, 4) is 0 Å². The lowest BCUT2D eigenvalue weighted by Gasteiger charge is -2.35. The monoisotopic (exact) mass is 388 g/mol. The third-order valence-corrected chi connectivity index (χ3v) is 7.19. The first-order valence-corrected chi connectivity index (χ1v) is 11.5. The lowest BCUT2D eigenvalue weighted by atomic mass is 9.88. The van der Waals surface area contributed by atoms with Gasteiger partial charge in [-0.15, -0.1) is 11.8 Å². The maximum Gasteiger partial charge on any atom is 0.255 e. The Labute approximate surface area is 167 Å². The van der Waals surface area contributed by atoms with E-state index in [-0.39, 0.29) is 23.2 Å². The van der Waals surface area contributed by atoms with E-state index in [1.807, 2.05) is 35.2 Å². The molecular weight excluding hydrogens is 356 g/mol. The number of nitrogens with one attached hydrogen (secondary N) is 1. The van der Waals surface area contributed by atoms with Crippen molar-refractivity contribution >= 4 is 23.6 Å². The topological polar surface area (TPSA) is 49.4 Å². The summed E-state index contributed by atoms with van der Waals surface area (Å²) in [5.74, 6) is 1.24. The molecule has 2 fully saturated rings. The largest absolute Gasteiger partial charge is 0.354 e. The van der Waals surface area contributed by atoms with Crippen LogP contribution < -0.4 is 5.32 Å². The van der Waals surface area contributed by atoms with Crippen LogP contribution >= 0.6 is 11.8 Å². The highest BCUT2D eigenvalue weighted by Crippen LogP contribution is 2.41. The van der Waals surface area contributed by atoms with Gasteiger partial charge in [-0.3, -0.25) is 9.59 Å². The van der Waals surface area contributed by atoms with Gasteiger partial charge in [-0.1, -0.05) is 57.2 Å². The van der Waals surface area contributed by atoms with E-state index in [9.17, 15) is 9.59 Å². The molecule has 148 valence electrons. The summed E-state index contributed by atoms with van der Waals surface area (Å²) in [4.78, 5) is 28.1. The molecule has 2 amide bonds. The quantitative estimate of drug-likeness (QED) is 0.702. The maximum atomic E-state index is 13.3. The van der Waals surface area contributed by atoms with Gasteiger partial charge in [0, 0.05) is 17.9 Å². The summed E-state index contributed by atoms with van der Waals surface area (Å²) >= 11 is 1.80. The molecule has 1 aliphatic heterocycles. The van der Waals surface area contributed by atoms with Crippen LogP contribution in [-0.4, -0.2) is 40.4 Å². The average molecular weight is 389 g/mol. The highest BCUT2D eigenvalue weighted by Gasteiger charge is 2.44. The van der Waals surface area contributed by atoms with E-state index in [4.69, 9.17) is 0 Å². The van der Waals surface area contributed by atoms with Crippen molar-refractivity contribution in [2.45, 2.75) is 69.7 Å². The fourth-order valence-corrected chi connectivity index (χ4v) is 5.84. The fraction of sp³-hybridized carbons (Fsp3) is 0.636. The minimum absolute atomic E-state index is 0.00452. The number of rotatable bonds is 7. The lowest BCUT2D eigenvalue weighted by Crippen LogP contribution is -2.51. The van der Waals surface area contributed by atoms with Crippen molar-refractivity contribution < 1.29 is 9.59 Å². The van der Waals surface area contributed by atoms with Gasteiger partial charge < -0.3 is 10.2 Å². The van der Waals surface area contributed by atoms with Crippen molar-refractivity contribution in [2.75, 3.05) is 12.3 Å². The first-order chi connectivity index (χ1) is 13.2. The van der Waals surface area contributed by atoms with Crippen LogP contribution in [0.25, 0.3) is 0 Å². The van der Waals surface area contributed by atoms with E-state index in [1.165, 1.54) is 32.1 Å². The zero-order valence-electron chi connectivity index (χ0n) is 16.4. The lowest BCUT2D eigenvalue weighted by molar-refractivity contribution is -0.125. The van der Waals surface area contributed by atoms with Gasteiger partial charge in [0.2, 0.25) is 5.91 Å². The number of hydrogen-bond donors (Lipinski definition) is 1. The summed E-state index contributed by atoms with van der Waals surface area (Å²) in [6, 6.07) is 9.08. The van der Waals surface area contributed by atoms with Crippen LogP contribution in [0.3, 0.4) is 0 Å². The normalized spacial score (nSPS) is 23.4. The molecule has 0 spiro atoms. The number of nitrogens with zero attached hydrogens (tertiary/aromatic N) is 1. The van der Waals surface area contributed by atoms with E-state index < -0.39 is 0 Å². The molecule has 5 heteroatoms. The second-order valence-corrected chi connectivity index (χ2v) is 8.86. The molecule has 1 saturated carbocycles. The molecule has 0 radical (unpaired) electrons. The first-order valence-electron chi connectivity index (χ1n) is 10.5. The smallest absolute Gasteiger partial charge is 0.255 e. The Kier molecular flexibility index (Phi) is 7.62. The second-order valence-electron chi connectivity index (χ2n) is 7.71. The number of benzene rings is 1. The molecule has 0 unspecified atom stereocenters. The van der Waals surface area contributed by atoms with Crippen LogP contribution in [0.1, 0.15) is 68.6 Å². The van der Waals surface area contributed by atoms with Crippen LogP contribution in [-0.2, 0) is 4.79 Å². The second kappa shape index (κ2) is 10.2. The van der Waals surface area contributed by atoms with E-state index in [1.54, 1.807) is 11.8 Å². The zero-order valence-corrected chi connectivity index (χ0v) is 17.2. The molecular formula is C22H32N2O2S. The van der Waals surface area contributed by atoms with Crippen molar-refractivity contribution in [1.82, 2.24) is 10.2 Å². The van der Waals surface area contributed by atoms with Crippen LogP contribution in [0.4, 0.5) is 0 Å². The number of amides is 2. The van der Waals surface area contributed by atoms with Crippen LogP contribution in [0.2, 0.25) is 0 Å². The van der Waals surface area contributed by atoms with Gasteiger partial charge >= 0.3 is 0 Å². The molecule has 1 aromatic carbocycles. The van der Waals surface area contributed by atoms with Crippen molar-refractivity contribution in [2.24, 2.45) is 5.92 Å². The molecule has 1 N–H and O–H groups in total. The Morgan fingerprint density at radius 1 is 1.11 bits per heavy atom. The van der Waals surface area contributed by atoms with Crippen LogP contribution in [0.15, 0.2) is 30.3 Å². The number of unbranched alkanes of at least 4 members (excludes halogenated alkanes) is 2. The van der Waals surface area contributed by atoms with E-state index >= 15 is 0 Å². The Bertz CT molecular complexity index is 616. The summed E-state index contributed by atoms with van der Waals surface area (Å²) in [6.07, 6.45) is 9.37. The molecule has 1 heterocycles. The van der Waals surface area contributed by atoms with Gasteiger partial charge in [0.05, 0.1) is 5.37 Å². The molecule has 2 aliphatic rings. The van der Waals surface area contributed by atoms with Gasteiger partial charge in [0.25, 0.3) is 5.91 Å². The standard InChI is InChI=1S/C22H32N2O2S/c1-2-3-10-15-23-20(25)19-16-27-22(18-13-8-5-9-14-18)24(19)21(26)17-11-6-4-7-12-17/h4,6-7,11-12,18-19,22H,2-3,5,8-10,13-16H2,1H3,(H,23,25)/t19-,22+/m1/s1. The van der Waals surface area contributed by atoms with Gasteiger partial charge in [0.1, 0.15) is 6.04 Å². The first kappa shape index (κ1) is 20.2. The molecule has 1 saturated heterocycles. The summed E-state index contributed by atoms with van der Waals surface area (Å²) in [5, 5.41) is 3.20. The molecule has 2 atom stereocenters. The Balaban J connectivity index is 1.75. The molecule has 0 bridgehead atoms. The third-order valence-electron chi connectivity index (χ3n) is 5.73. The Morgan fingerprint density at radius 2 is 1.85 bits per heavy atom. The van der Waals surface area contributed by atoms with Crippen LogP contribution in [0.5, 0.6) is 0 Å². The summed E-state index contributed by atoms with van der Waals surface area (Å²) in [7, 11) is 0. The minimum Gasteiger partial charge on any atom is -0.354 e. The van der Waals surface area contributed by atoms with Gasteiger partial charge in [-0.2, -0.15) is 0 Å². The molecule has 1 aliphatic carbocycles.